The van der Waals surface area contributed by atoms with Gasteiger partial charge >= 0.3 is 0 Å². The molecular weight excluding hydrogens is 206 g/mol. The summed E-state index contributed by atoms with van der Waals surface area (Å²) in [5.74, 6) is 0.367. The van der Waals surface area contributed by atoms with Gasteiger partial charge in [-0.3, -0.25) is 4.79 Å². The lowest BCUT2D eigenvalue weighted by atomic mass is 9.91. The summed E-state index contributed by atoms with van der Waals surface area (Å²) in [5.41, 5.74) is 1.05. The topological polar surface area (TPSA) is 29.1 Å². The molecule has 0 bridgehead atoms. The van der Waals surface area contributed by atoms with E-state index in [0.29, 0.717) is 12.2 Å². The zero-order valence-corrected chi connectivity index (χ0v) is 9.90. The van der Waals surface area contributed by atoms with Crippen LogP contribution < -0.4 is 5.32 Å². The molecule has 82 valence electrons. The predicted octanol–water partition coefficient (Wildman–Crippen LogP) is 2.39. The number of rotatable bonds is 4. The van der Waals surface area contributed by atoms with E-state index in [9.17, 15) is 4.79 Å². The Bertz CT molecular complexity index is 325. The van der Waals surface area contributed by atoms with Crippen molar-refractivity contribution in [2.45, 2.75) is 38.1 Å². The van der Waals surface area contributed by atoms with Gasteiger partial charge in [0.05, 0.1) is 5.54 Å². The molecule has 0 saturated carbocycles. The maximum atomic E-state index is 12.0. The number of carbonyl (C=O) groups excluding carboxylic acids is 1. The monoisotopic (exact) mass is 223 g/mol. The first-order chi connectivity index (χ1) is 7.21. The van der Waals surface area contributed by atoms with Gasteiger partial charge in [0.15, 0.2) is 5.78 Å². The van der Waals surface area contributed by atoms with Crippen molar-refractivity contribution in [2.24, 2.45) is 0 Å². The summed E-state index contributed by atoms with van der Waals surface area (Å²) in [5, 5.41) is 7.50. The molecule has 0 radical (unpaired) electrons. The third-order valence-electron chi connectivity index (χ3n) is 3.20. The Morgan fingerprint density at radius 1 is 1.67 bits per heavy atom. The minimum atomic E-state index is -0.240. The Morgan fingerprint density at radius 2 is 2.53 bits per heavy atom. The molecule has 0 spiro atoms. The van der Waals surface area contributed by atoms with Gasteiger partial charge in [-0.05, 0) is 55.1 Å². The molecule has 1 aromatic heterocycles. The summed E-state index contributed by atoms with van der Waals surface area (Å²) >= 11 is 1.70. The first-order valence-electron chi connectivity index (χ1n) is 5.50. The lowest BCUT2D eigenvalue weighted by Crippen LogP contribution is -2.44. The van der Waals surface area contributed by atoms with Crippen molar-refractivity contribution >= 4 is 17.1 Å². The number of thiophene rings is 1. The molecule has 1 atom stereocenters. The van der Waals surface area contributed by atoms with Gasteiger partial charge in [0.1, 0.15) is 0 Å². The van der Waals surface area contributed by atoms with Crippen LogP contribution in [-0.4, -0.2) is 17.9 Å². The van der Waals surface area contributed by atoms with Crippen LogP contribution in [0.5, 0.6) is 0 Å². The number of Topliss-reactive ketones (excluding diaryl/α,β-unsaturated/α-hetero) is 1. The molecule has 0 aromatic carbocycles. The van der Waals surface area contributed by atoms with Crippen LogP contribution in [0.4, 0.5) is 0 Å². The highest BCUT2D eigenvalue weighted by Crippen LogP contribution is 2.22. The Balaban J connectivity index is 1.87. The summed E-state index contributed by atoms with van der Waals surface area (Å²) < 4.78 is 0. The van der Waals surface area contributed by atoms with Crippen molar-refractivity contribution in [1.82, 2.24) is 5.32 Å². The van der Waals surface area contributed by atoms with Crippen molar-refractivity contribution in [3.63, 3.8) is 0 Å². The van der Waals surface area contributed by atoms with Gasteiger partial charge < -0.3 is 5.32 Å². The quantitative estimate of drug-likeness (QED) is 0.849. The lowest BCUT2D eigenvalue weighted by molar-refractivity contribution is -0.124. The third-order valence-corrected chi connectivity index (χ3v) is 3.94. The minimum Gasteiger partial charge on any atom is -0.305 e. The number of nitrogens with one attached hydrogen (secondary N) is 1. The summed E-state index contributed by atoms with van der Waals surface area (Å²) in [4.78, 5) is 12.0. The molecule has 1 fully saturated rings. The molecule has 2 heterocycles. The van der Waals surface area contributed by atoms with Gasteiger partial charge in [-0.1, -0.05) is 0 Å². The SMILES string of the molecule is CC1(C(=O)CCc2ccsc2)CCCN1. The molecule has 1 saturated heterocycles. The van der Waals surface area contributed by atoms with E-state index in [2.05, 4.69) is 22.1 Å². The molecule has 0 amide bonds. The van der Waals surface area contributed by atoms with Crippen molar-refractivity contribution < 1.29 is 4.79 Å². The second-order valence-corrected chi connectivity index (χ2v) is 5.20. The van der Waals surface area contributed by atoms with Gasteiger partial charge in [-0.25, -0.2) is 0 Å². The van der Waals surface area contributed by atoms with E-state index in [1.54, 1.807) is 11.3 Å². The Morgan fingerprint density at radius 3 is 3.13 bits per heavy atom. The number of hydrogen-bond acceptors (Lipinski definition) is 3. The molecule has 1 aliphatic rings. The molecule has 1 unspecified atom stereocenters. The van der Waals surface area contributed by atoms with Crippen molar-refractivity contribution in [1.29, 1.82) is 0 Å². The molecular formula is C12H17NOS. The third kappa shape index (κ3) is 2.47. The smallest absolute Gasteiger partial charge is 0.152 e. The second-order valence-electron chi connectivity index (χ2n) is 4.42. The van der Waals surface area contributed by atoms with Crippen LogP contribution in [0, 0.1) is 0 Å². The predicted molar refractivity (Wildman–Crippen MR) is 63.3 cm³/mol. The zero-order chi connectivity index (χ0) is 10.7. The maximum absolute atomic E-state index is 12.0. The number of ketones is 1. The summed E-state index contributed by atoms with van der Waals surface area (Å²) in [7, 11) is 0. The van der Waals surface area contributed by atoms with E-state index >= 15 is 0 Å². The van der Waals surface area contributed by atoms with E-state index in [4.69, 9.17) is 0 Å². The van der Waals surface area contributed by atoms with Crippen LogP contribution in [0.25, 0.3) is 0 Å². The van der Waals surface area contributed by atoms with Crippen LogP contribution in [0.15, 0.2) is 16.8 Å². The number of aryl methyl sites for hydroxylation is 1. The highest BCUT2D eigenvalue weighted by atomic mass is 32.1. The first kappa shape index (κ1) is 10.8. The molecule has 1 aromatic rings. The normalized spacial score (nSPS) is 25.7. The summed E-state index contributed by atoms with van der Waals surface area (Å²) in [6.07, 6.45) is 3.68. The molecule has 1 aliphatic heterocycles. The Kier molecular flexibility index (Phi) is 3.22. The van der Waals surface area contributed by atoms with Crippen molar-refractivity contribution in [3.05, 3.63) is 22.4 Å². The van der Waals surface area contributed by atoms with E-state index in [1.165, 1.54) is 5.56 Å². The fourth-order valence-corrected chi connectivity index (χ4v) is 2.80. The number of carbonyl (C=O) groups is 1. The van der Waals surface area contributed by atoms with E-state index in [0.717, 1.165) is 25.8 Å². The second kappa shape index (κ2) is 4.45. The average Bonchev–Trinajstić information content (AvgIpc) is 2.85. The van der Waals surface area contributed by atoms with Crippen LogP contribution in [0.1, 0.15) is 31.7 Å². The molecule has 3 heteroatoms. The van der Waals surface area contributed by atoms with Crippen LogP contribution in [-0.2, 0) is 11.2 Å². The highest BCUT2D eigenvalue weighted by molar-refractivity contribution is 7.07. The first-order valence-corrected chi connectivity index (χ1v) is 6.44. The van der Waals surface area contributed by atoms with E-state index < -0.39 is 0 Å². The van der Waals surface area contributed by atoms with Crippen LogP contribution in [0.3, 0.4) is 0 Å². The van der Waals surface area contributed by atoms with Crippen LogP contribution >= 0.6 is 11.3 Å². The minimum absolute atomic E-state index is 0.240. The molecule has 2 nitrogen and oxygen atoms in total. The molecule has 2 rings (SSSR count). The largest absolute Gasteiger partial charge is 0.305 e. The van der Waals surface area contributed by atoms with Gasteiger partial charge in [0.2, 0.25) is 0 Å². The molecule has 0 aliphatic carbocycles. The van der Waals surface area contributed by atoms with Gasteiger partial charge in [0, 0.05) is 6.42 Å². The van der Waals surface area contributed by atoms with Gasteiger partial charge in [0.25, 0.3) is 0 Å². The Labute approximate surface area is 94.7 Å². The Hall–Kier alpha value is -0.670. The van der Waals surface area contributed by atoms with Gasteiger partial charge in [-0.15, -0.1) is 0 Å². The highest BCUT2D eigenvalue weighted by Gasteiger charge is 2.34. The summed E-state index contributed by atoms with van der Waals surface area (Å²) in [6, 6.07) is 2.10. The summed E-state index contributed by atoms with van der Waals surface area (Å²) in [6.45, 7) is 3.02. The molecule has 1 N–H and O–H groups in total. The molecule has 15 heavy (non-hydrogen) atoms. The van der Waals surface area contributed by atoms with Crippen LogP contribution in [0.2, 0.25) is 0 Å². The van der Waals surface area contributed by atoms with E-state index in [-0.39, 0.29) is 5.54 Å². The van der Waals surface area contributed by atoms with Crippen molar-refractivity contribution in [2.75, 3.05) is 6.54 Å². The zero-order valence-electron chi connectivity index (χ0n) is 9.08. The van der Waals surface area contributed by atoms with Crippen molar-refractivity contribution in [3.8, 4) is 0 Å². The fourth-order valence-electron chi connectivity index (χ4n) is 2.10. The fraction of sp³-hybridized carbons (Fsp3) is 0.583. The van der Waals surface area contributed by atoms with Gasteiger partial charge in [-0.2, -0.15) is 11.3 Å². The average molecular weight is 223 g/mol. The standard InChI is InChI=1S/C12H17NOS/c1-12(6-2-7-13-12)11(14)4-3-10-5-8-15-9-10/h5,8-9,13H,2-4,6-7H2,1H3. The van der Waals surface area contributed by atoms with E-state index in [1.807, 2.05) is 6.92 Å². The lowest BCUT2D eigenvalue weighted by Gasteiger charge is -2.22. The maximum Gasteiger partial charge on any atom is 0.152 e. The number of hydrogen-bond donors (Lipinski definition) is 1.